The van der Waals surface area contributed by atoms with Gasteiger partial charge in [0.05, 0.1) is 20.1 Å². The lowest BCUT2D eigenvalue weighted by Gasteiger charge is -2.13. The van der Waals surface area contributed by atoms with E-state index in [9.17, 15) is 9.59 Å². The second-order valence-electron chi connectivity index (χ2n) is 4.58. The molecule has 112 valence electrons. The molecule has 0 unspecified atom stereocenters. The van der Waals surface area contributed by atoms with Gasteiger partial charge in [-0.3, -0.25) is 9.59 Å². The molecule has 0 aromatic carbocycles. The van der Waals surface area contributed by atoms with Crippen molar-refractivity contribution in [2.24, 2.45) is 5.92 Å². The van der Waals surface area contributed by atoms with Crippen LogP contribution in [0.25, 0.3) is 0 Å². The molecule has 0 rings (SSSR count). The van der Waals surface area contributed by atoms with Crippen molar-refractivity contribution in [3.63, 3.8) is 0 Å². The summed E-state index contributed by atoms with van der Waals surface area (Å²) >= 11 is 3.38. The zero-order valence-corrected chi connectivity index (χ0v) is 13.5. The Labute approximate surface area is 124 Å². The van der Waals surface area contributed by atoms with Gasteiger partial charge in [0.1, 0.15) is 0 Å². The minimum atomic E-state index is -0.148. The largest absolute Gasteiger partial charge is 0.469 e. The molecule has 19 heavy (non-hydrogen) atoms. The maximum absolute atomic E-state index is 11.6. The average Bonchev–Trinajstić information content (AvgIpc) is 2.44. The number of esters is 2. The van der Waals surface area contributed by atoms with E-state index < -0.39 is 0 Å². The summed E-state index contributed by atoms with van der Waals surface area (Å²) in [6.45, 7) is 0. The summed E-state index contributed by atoms with van der Waals surface area (Å²) in [7, 11) is 2.85. The number of rotatable bonds is 11. The van der Waals surface area contributed by atoms with Gasteiger partial charge in [-0.2, -0.15) is 0 Å². The number of carbonyl (C=O) groups excluding carboxylic acids is 2. The van der Waals surface area contributed by atoms with Crippen LogP contribution in [0.15, 0.2) is 0 Å². The lowest BCUT2D eigenvalue weighted by molar-refractivity contribution is -0.146. The molecular weight excluding hydrogens is 312 g/mol. The van der Waals surface area contributed by atoms with Crippen LogP contribution in [-0.4, -0.2) is 31.5 Å². The maximum Gasteiger partial charge on any atom is 0.308 e. The molecule has 0 aromatic rings. The molecule has 0 radical (unpaired) electrons. The molecular formula is C14H25BrO4. The number of carbonyl (C=O) groups is 2. The van der Waals surface area contributed by atoms with Gasteiger partial charge in [0.15, 0.2) is 0 Å². The first-order chi connectivity index (χ1) is 9.15. The highest BCUT2D eigenvalue weighted by Crippen LogP contribution is 2.18. The zero-order valence-electron chi connectivity index (χ0n) is 12.0. The monoisotopic (exact) mass is 336 g/mol. The fourth-order valence-corrected chi connectivity index (χ4v) is 2.31. The third-order valence-corrected chi connectivity index (χ3v) is 3.69. The summed E-state index contributed by atoms with van der Waals surface area (Å²) < 4.78 is 9.40. The molecule has 0 N–H and O–H groups in total. The molecule has 1 atom stereocenters. The number of hydrogen-bond donors (Lipinski definition) is 0. The number of halogens is 1. The van der Waals surface area contributed by atoms with Crippen molar-refractivity contribution < 1.29 is 19.1 Å². The van der Waals surface area contributed by atoms with Crippen LogP contribution >= 0.6 is 15.9 Å². The Kier molecular flexibility index (Phi) is 12.1. The molecule has 0 heterocycles. The Morgan fingerprint density at radius 2 is 1.58 bits per heavy atom. The second kappa shape index (κ2) is 12.5. The fraction of sp³-hybridized carbons (Fsp3) is 0.857. The highest BCUT2D eigenvalue weighted by Gasteiger charge is 2.17. The molecule has 5 heteroatoms. The van der Waals surface area contributed by atoms with Crippen LogP contribution in [0.2, 0.25) is 0 Å². The molecule has 0 bridgehead atoms. The van der Waals surface area contributed by atoms with Crippen molar-refractivity contribution in [2.45, 2.75) is 51.4 Å². The summed E-state index contributed by atoms with van der Waals surface area (Å²) in [5.74, 6) is -0.233. The summed E-state index contributed by atoms with van der Waals surface area (Å²) in [5.41, 5.74) is 0. The van der Waals surface area contributed by atoms with Gasteiger partial charge in [0, 0.05) is 11.8 Å². The molecule has 0 aliphatic carbocycles. The number of ether oxygens (including phenoxy) is 2. The fourth-order valence-electron chi connectivity index (χ4n) is 1.99. The zero-order chi connectivity index (χ0) is 14.5. The Bertz CT molecular complexity index is 256. The van der Waals surface area contributed by atoms with Gasteiger partial charge in [0.2, 0.25) is 0 Å². The van der Waals surface area contributed by atoms with E-state index in [0.717, 1.165) is 50.3 Å². The number of methoxy groups -OCH3 is 2. The van der Waals surface area contributed by atoms with Crippen molar-refractivity contribution in [3.8, 4) is 0 Å². The quantitative estimate of drug-likeness (QED) is 0.329. The Balaban J connectivity index is 3.68. The molecule has 4 nitrogen and oxygen atoms in total. The minimum Gasteiger partial charge on any atom is -0.469 e. The highest BCUT2D eigenvalue weighted by atomic mass is 79.9. The Hall–Kier alpha value is -0.580. The lowest BCUT2D eigenvalue weighted by atomic mass is 9.96. The average molecular weight is 337 g/mol. The first-order valence-corrected chi connectivity index (χ1v) is 7.98. The van der Waals surface area contributed by atoms with E-state index in [1.54, 1.807) is 0 Å². The van der Waals surface area contributed by atoms with Gasteiger partial charge in [-0.25, -0.2) is 0 Å². The van der Waals surface area contributed by atoms with Gasteiger partial charge in [-0.1, -0.05) is 35.2 Å². The molecule has 0 aliphatic rings. The van der Waals surface area contributed by atoms with E-state index in [1.165, 1.54) is 14.2 Å². The Morgan fingerprint density at radius 1 is 0.947 bits per heavy atom. The second-order valence-corrected chi connectivity index (χ2v) is 5.37. The van der Waals surface area contributed by atoms with Crippen LogP contribution in [0.1, 0.15) is 51.4 Å². The van der Waals surface area contributed by atoms with Crippen molar-refractivity contribution >= 4 is 27.9 Å². The minimum absolute atomic E-state index is 0.0168. The first kappa shape index (κ1) is 18.4. The molecule has 0 fully saturated rings. The van der Waals surface area contributed by atoms with Gasteiger partial charge in [-0.15, -0.1) is 0 Å². The summed E-state index contributed by atoms with van der Waals surface area (Å²) in [6, 6.07) is 0. The van der Waals surface area contributed by atoms with Crippen LogP contribution in [0.4, 0.5) is 0 Å². The lowest BCUT2D eigenvalue weighted by Crippen LogP contribution is -2.16. The third kappa shape index (κ3) is 9.93. The smallest absolute Gasteiger partial charge is 0.308 e. The number of hydrogen-bond acceptors (Lipinski definition) is 4. The third-order valence-electron chi connectivity index (χ3n) is 3.13. The van der Waals surface area contributed by atoms with Crippen LogP contribution in [0, 0.1) is 5.92 Å². The predicted octanol–water partition coefficient (Wildman–Crippen LogP) is 3.46. The van der Waals surface area contributed by atoms with Crippen LogP contribution in [-0.2, 0) is 19.1 Å². The molecule has 0 amide bonds. The predicted molar refractivity (Wildman–Crippen MR) is 78.3 cm³/mol. The molecule has 0 spiro atoms. The SMILES string of the molecule is COC(=O)CCCCCC[C@H](CCCBr)C(=O)OC. The van der Waals surface area contributed by atoms with E-state index in [0.29, 0.717) is 6.42 Å². The van der Waals surface area contributed by atoms with Gasteiger partial charge < -0.3 is 9.47 Å². The topological polar surface area (TPSA) is 52.6 Å². The molecule has 0 aromatic heterocycles. The number of alkyl halides is 1. The summed E-state index contributed by atoms with van der Waals surface area (Å²) in [5, 5.41) is 0.916. The standard InChI is InChI=1S/C14H25BrO4/c1-18-13(16)10-6-4-3-5-8-12(9-7-11-15)14(17)19-2/h12H,3-11H2,1-2H3/t12-/m1/s1. The summed E-state index contributed by atoms with van der Waals surface area (Å²) in [6.07, 6.45) is 7.13. The van der Waals surface area contributed by atoms with E-state index >= 15 is 0 Å². The van der Waals surface area contributed by atoms with Gasteiger partial charge in [-0.05, 0) is 25.7 Å². The summed E-state index contributed by atoms with van der Waals surface area (Å²) in [4.78, 5) is 22.5. The van der Waals surface area contributed by atoms with Crippen LogP contribution in [0.5, 0.6) is 0 Å². The van der Waals surface area contributed by atoms with Crippen molar-refractivity contribution in [1.82, 2.24) is 0 Å². The van der Waals surface area contributed by atoms with E-state index in [4.69, 9.17) is 4.74 Å². The van der Waals surface area contributed by atoms with Crippen molar-refractivity contribution in [1.29, 1.82) is 0 Å². The molecule has 0 aliphatic heterocycles. The van der Waals surface area contributed by atoms with Gasteiger partial charge >= 0.3 is 11.9 Å². The molecule has 0 saturated carbocycles. The van der Waals surface area contributed by atoms with E-state index in [-0.39, 0.29) is 17.9 Å². The van der Waals surface area contributed by atoms with Crippen molar-refractivity contribution in [3.05, 3.63) is 0 Å². The Morgan fingerprint density at radius 3 is 2.16 bits per heavy atom. The molecule has 0 saturated heterocycles. The van der Waals surface area contributed by atoms with Crippen molar-refractivity contribution in [2.75, 3.05) is 19.5 Å². The normalized spacial score (nSPS) is 11.9. The highest BCUT2D eigenvalue weighted by molar-refractivity contribution is 9.09. The first-order valence-electron chi connectivity index (χ1n) is 6.86. The van der Waals surface area contributed by atoms with Crippen LogP contribution in [0.3, 0.4) is 0 Å². The number of unbranched alkanes of at least 4 members (excludes halogenated alkanes) is 3. The van der Waals surface area contributed by atoms with Gasteiger partial charge in [0.25, 0.3) is 0 Å². The van der Waals surface area contributed by atoms with E-state index in [2.05, 4.69) is 20.7 Å². The van der Waals surface area contributed by atoms with Crippen LogP contribution < -0.4 is 0 Å². The maximum atomic E-state index is 11.6. The van der Waals surface area contributed by atoms with E-state index in [1.807, 2.05) is 0 Å².